The van der Waals surface area contributed by atoms with Crippen LogP contribution in [0.2, 0.25) is 0 Å². The molecule has 2 aromatic carbocycles. The molecular weight excluding hydrogens is 547 g/mol. The van der Waals surface area contributed by atoms with E-state index >= 15 is 0 Å². The Morgan fingerprint density at radius 2 is 1.70 bits per heavy atom. The molecular formula is C34H45FN4O4. The number of anilines is 1. The summed E-state index contributed by atoms with van der Waals surface area (Å²) >= 11 is 0. The van der Waals surface area contributed by atoms with E-state index in [1.807, 2.05) is 13.0 Å². The molecule has 3 heterocycles. The first-order valence-corrected chi connectivity index (χ1v) is 15.4. The minimum Gasteiger partial charge on any atom is -0.381 e. The minimum atomic E-state index is -1.06. The highest BCUT2D eigenvalue weighted by Gasteiger charge is 2.25. The van der Waals surface area contributed by atoms with E-state index in [0.717, 1.165) is 93.4 Å². The normalized spacial score (nSPS) is 17.3. The first-order valence-electron chi connectivity index (χ1n) is 15.4. The molecule has 2 saturated heterocycles. The predicted molar refractivity (Wildman–Crippen MR) is 168 cm³/mol. The summed E-state index contributed by atoms with van der Waals surface area (Å²) in [6.45, 7) is 14.0. The summed E-state index contributed by atoms with van der Waals surface area (Å²) in [5.74, 6) is -0.432. The Hall–Kier alpha value is -3.08. The van der Waals surface area contributed by atoms with E-state index in [2.05, 4.69) is 57.4 Å². The Morgan fingerprint density at radius 1 is 1.02 bits per heavy atom. The molecule has 8 nitrogen and oxygen atoms in total. The van der Waals surface area contributed by atoms with Crippen LogP contribution in [0.4, 0.5) is 10.1 Å². The van der Waals surface area contributed by atoms with Gasteiger partial charge in [-0.1, -0.05) is 24.3 Å². The zero-order valence-electron chi connectivity index (χ0n) is 25.8. The number of H-pyrrole nitrogens is 1. The standard InChI is InChI=1S/C34H45FN4O4/c1-5-39(28-10-14-42-15-11-28)31-19-27(26-8-6-25(7-9-26)21-38-12-16-43-17-13-38)18-29(22(31)2)33(40)36-20-30-23(3)32(35)24(4)37-34(30)41/h6-9,18-19,28,33,36,40H,5,10-17,20-21H2,1-4H3,(H,37,41). The summed E-state index contributed by atoms with van der Waals surface area (Å²) in [5.41, 5.74) is 6.55. The number of hydrogen-bond donors (Lipinski definition) is 3. The molecule has 0 radical (unpaired) electrons. The molecule has 0 spiro atoms. The second-order valence-corrected chi connectivity index (χ2v) is 11.7. The Balaban J connectivity index is 1.47. The molecule has 232 valence electrons. The second-order valence-electron chi connectivity index (χ2n) is 11.7. The highest BCUT2D eigenvalue weighted by molar-refractivity contribution is 5.73. The van der Waals surface area contributed by atoms with Crippen LogP contribution < -0.4 is 15.8 Å². The highest BCUT2D eigenvalue weighted by Crippen LogP contribution is 2.36. The fourth-order valence-electron chi connectivity index (χ4n) is 6.32. The summed E-state index contributed by atoms with van der Waals surface area (Å²) in [6, 6.07) is 13.3. The fraction of sp³-hybridized carbons (Fsp3) is 0.500. The van der Waals surface area contributed by atoms with Crippen molar-refractivity contribution in [3.63, 3.8) is 0 Å². The highest BCUT2D eigenvalue weighted by atomic mass is 19.1. The Bertz CT molecular complexity index is 1450. The van der Waals surface area contributed by atoms with Crippen molar-refractivity contribution >= 4 is 5.69 Å². The first kappa shape index (κ1) is 31.3. The number of nitrogens with zero attached hydrogens (tertiary/aromatic N) is 2. The SMILES string of the molecule is CCN(c1cc(-c2ccc(CN3CCOCC3)cc2)cc(C(O)NCc2c(C)c(F)c(C)[nH]c2=O)c1C)C1CCOCC1. The van der Waals surface area contributed by atoms with Gasteiger partial charge in [0.1, 0.15) is 12.0 Å². The molecule has 2 fully saturated rings. The lowest BCUT2D eigenvalue weighted by molar-refractivity contribution is 0.0342. The van der Waals surface area contributed by atoms with Gasteiger partial charge in [-0.05, 0) is 80.5 Å². The van der Waals surface area contributed by atoms with Crippen molar-refractivity contribution in [2.75, 3.05) is 51.0 Å². The van der Waals surface area contributed by atoms with Crippen LogP contribution in [0.3, 0.4) is 0 Å². The maximum Gasteiger partial charge on any atom is 0.253 e. The van der Waals surface area contributed by atoms with Crippen LogP contribution >= 0.6 is 0 Å². The molecule has 5 rings (SSSR count). The average molecular weight is 593 g/mol. The number of aliphatic hydroxyl groups excluding tert-OH is 1. The Kier molecular flexibility index (Phi) is 10.3. The molecule has 1 atom stereocenters. The fourth-order valence-corrected chi connectivity index (χ4v) is 6.32. The van der Waals surface area contributed by atoms with E-state index in [0.29, 0.717) is 11.6 Å². The lowest BCUT2D eigenvalue weighted by Gasteiger charge is -2.37. The number of aryl methyl sites for hydroxylation is 1. The molecule has 3 N–H and O–H groups in total. The number of aromatic nitrogens is 1. The van der Waals surface area contributed by atoms with E-state index in [-0.39, 0.29) is 23.4 Å². The molecule has 43 heavy (non-hydrogen) atoms. The number of ether oxygens (including phenoxy) is 2. The number of aromatic amines is 1. The van der Waals surface area contributed by atoms with Gasteiger partial charge in [0.2, 0.25) is 0 Å². The predicted octanol–water partition coefficient (Wildman–Crippen LogP) is 4.72. The van der Waals surface area contributed by atoms with Crippen molar-refractivity contribution in [3.8, 4) is 11.1 Å². The van der Waals surface area contributed by atoms with Gasteiger partial charge in [0.25, 0.3) is 5.56 Å². The van der Waals surface area contributed by atoms with Crippen LogP contribution in [0.25, 0.3) is 11.1 Å². The maximum absolute atomic E-state index is 14.6. The van der Waals surface area contributed by atoms with E-state index in [1.165, 1.54) is 5.56 Å². The largest absolute Gasteiger partial charge is 0.381 e. The van der Waals surface area contributed by atoms with E-state index in [9.17, 15) is 14.3 Å². The molecule has 1 unspecified atom stereocenters. The lowest BCUT2D eigenvalue weighted by atomic mass is 9.94. The number of pyridine rings is 1. The molecule has 0 amide bonds. The third-order valence-corrected chi connectivity index (χ3v) is 8.95. The van der Waals surface area contributed by atoms with Crippen LogP contribution in [-0.4, -0.2) is 67.1 Å². The number of morpholine rings is 1. The van der Waals surface area contributed by atoms with Gasteiger partial charge in [-0.15, -0.1) is 0 Å². The van der Waals surface area contributed by atoms with Gasteiger partial charge < -0.3 is 24.5 Å². The van der Waals surface area contributed by atoms with Crippen LogP contribution in [0.5, 0.6) is 0 Å². The molecule has 0 bridgehead atoms. The number of halogens is 1. The summed E-state index contributed by atoms with van der Waals surface area (Å²) < 4.78 is 25.7. The van der Waals surface area contributed by atoms with Crippen molar-refractivity contribution < 1.29 is 19.0 Å². The molecule has 1 aromatic heterocycles. The van der Waals surface area contributed by atoms with Crippen LogP contribution in [-0.2, 0) is 22.6 Å². The number of hydrogen-bond acceptors (Lipinski definition) is 7. The third-order valence-electron chi connectivity index (χ3n) is 8.95. The van der Waals surface area contributed by atoms with Gasteiger partial charge in [-0.2, -0.15) is 0 Å². The summed E-state index contributed by atoms with van der Waals surface area (Å²) in [7, 11) is 0. The van der Waals surface area contributed by atoms with Crippen molar-refractivity contribution in [2.45, 2.75) is 65.9 Å². The van der Waals surface area contributed by atoms with Gasteiger partial charge in [-0.3, -0.25) is 15.0 Å². The maximum atomic E-state index is 14.6. The van der Waals surface area contributed by atoms with Gasteiger partial charge in [0, 0.05) is 68.8 Å². The van der Waals surface area contributed by atoms with Crippen LogP contribution in [0.15, 0.2) is 41.2 Å². The first-order chi connectivity index (χ1) is 20.8. The van der Waals surface area contributed by atoms with Gasteiger partial charge in [0.15, 0.2) is 0 Å². The van der Waals surface area contributed by atoms with Gasteiger partial charge in [0.05, 0.1) is 18.9 Å². The van der Waals surface area contributed by atoms with Crippen LogP contribution in [0, 0.1) is 26.6 Å². The zero-order valence-corrected chi connectivity index (χ0v) is 25.8. The Morgan fingerprint density at radius 3 is 2.37 bits per heavy atom. The lowest BCUT2D eigenvalue weighted by Crippen LogP contribution is -2.40. The topological polar surface area (TPSA) is 90.1 Å². The van der Waals surface area contributed by atoms with E-state index in [1.54, 1.807) is 13.8 Å². The molecule has 2 aliphatic heterocycles. The summed E-state index contributed by atoms with van der Waals surface area (Å²) in [5, 5.41) is 14.6. The number of aliphatic hydroxyl groups is 1. The van der Waals surface area contributed by atoms with E-state index < -0.39 is 12.0 Å². The van der Waals surface area contributed by atoms with Crippen LogP contribution in [0.1, 0.15) is 59.5 Å². The van der Waals surface area contributed by atoms with Crippen molar-refractivity contribution in [1.29, 1.82) is 0 Å². The smallest absolute Gasteiger partial charge is 0.253 e. The molecule has 0 aliphatic carbocycles. The summed E-state index contributed by atoms with van der Waals surface area (Å²) in [6.07, 6.45) is 0.839. The molecule has 3 aromatic rings. The quantitative estimate of drug-likeness (QED) is 0.294. The average Bonchev–Trinajstić information content (AvgIpc) is 3.02. The third kappa shape index (κ3) is 7.19. The monoisotopic (exact) mass is 592 g/mol. The van der Waals surface area contributed by atoms with Crippen molar-refractivity contribution in [2.24, 2.45) is 0 Å². The number of nitrogens with one attached hydrogen (secondary N) is 2. The zero-order chi connectivity index (χ0) is 30.5. The number of benzene rings is 2. The van der Waals surface area contributed by atoms with E-state index in [4.69, 9.17) is 9.47 Å². The number of rotatable bonds is 10. The minimum absolute atomic E-state index is 0.0340. The summed E-state index contributed by atoms with van der Waals surface area (Å²) in [4.78, 5) is 20.0. The van der Waals surface area contributed by atoms with Gasteiger partial charge in [-0.25, -0.2) is 4.39 Å². The van der Waals surface area contributed by atoms with Crippen molar-refractivity contribution in [1.82, 2.24) is 15.2 Å². The molecule has 9 heteroatoms. The second kappa shape index (κ2) is 14.1. The molecule has 0 saturated carbocycles. The van der Waals surface area contributed by atoms with Crippen molar-refractivity contribution in [3.05, 3.63) is 86.1 Å². The Labute approximate surface area is 253 Å². The van der Waals surface area contributed by atoms with Gasteiger partial charge >= 0.3 is 0 Å². The molecule has 2 aliphatic rings.